The van der Waals surface area contributed by atoms with Gasteiger partial charge >= 0.3 is 0 Å². The van der Waals surface area contributed by atoms with E-state index in [9.17, 15) is 0 Å². The quantitative estimate of drug-likeness (QED) is 0.790. The molecule has 0 unspecified atom stereocenters. The van der Waals surface area contributed by atoms with Gasteiger partial charge in [-0.25, -0.2) is 0 Å². The number of para-hydroxylation sites is 1. The van der Waals surface area contributed by atoms with Gasteiger partial charge in [-0.15, -0.1) is 0 Å². The average Bonchev–Trinajstić information content (AvgIpc) is 2.68. The van der Waals surface area contributed by atoms with E-state index in [1.54, 1.807) is 7.11 Å². The maximum Gasteiger partial charge on any atom is 0.0587 e. The number of rotatable bonds is 7. The first-order valence-electron chi connectivity index (χ1n) is 6.68. The lowest BCUT2D eigenvalue weighted by Crippen LogP contribution is -2.21. The summed E-state index contributed by atoms with van der Waals surface area (Å²) >= 11 is 3.69. The fraction of sp³-hybridized carbons (Fsp3) is 0.467. The molecule has 0 radical (unpaired) electrons. The minimum atomic E-state index is 0.775. The van der Waals surface area contributed by atoms with Crippen molar-refractivity contribution < 1.29 is 4.74 Å². The highest BCUT2D eigenvalue weighted by Crippen LogP contribution is 2.30. The van der Waals surface area contributed by atoms with Gasteiger partial charge in [0.05, 0.1) is 6.61 Å². The van der Waals surface area contributed by atoms with Gasteiger partial charge in [0.25, 0.3) is 0 Å². The zero-order valence-electron chi connectivity index (χ0n) is 11.6. The number of halogens is 1. The fourth-order valence-corrected chi connectivity index (χ4v) is 2.89. The molecule has 0 saturated heterocycles. The maximum atomic E-state index is 5.01. The molecule has 19 heavy (non-hydrogen) atoms. The Morgan fingerprint density at radius 3 is 2.84 bits per heavy atom. The Bertz CT molecular complexity index is 536. The molecule has 1 aromatic carbocycles. The molecular formula is C15H21BrN2O. The Labute approximate surface area is 123 Å². The van der Waals surface area contributed by atoms with Crippen LogP contribution in [0.4, 0.5) is 0 Å². The molecule has 0 spiro atoms. The molecule has 0 amide bonds. The molecule has 0 aliphatic heterocycles. The van der Waals surface area contributed by atoms with Crippen LogP contribution in [0.1, 0.15) is 12.1 Å². The van der Waals surface area contributed by atoms with E-state index < -0.39 is 0 Å². The summed E-state index contributed by atoms with van der Waals surface area (Å²) in [6.45, 7) is 5.93. The third kappa shape index (κ3) is 3.38. The molecule has 0 fully saturated rings. The highest BCUT2D eigenvalue weighted by molar-refractivity contribution is 9.10. The number of hydrogen-bond acceptors (Lipinski definition) is 2. The molecule has 3 nitrogen and oxygen atoms in total. The molecule has 1 heterocycles. The zero-order valence-corrected chi connectivity index (χ0v) is 13.2. The normalized spacial score (nSPS) is 11.3. The minimum absolute atomic E-state index is 0.775. The van der Waals surface area contributed by atoms with Gasteiger partial charge in [-0.1, -0.05) is 18.2 Å². The highest BCUT2D eigenvalue weighted by atomic mass is 79.9. The first-order chi connectivity index (χ1) is 9.25. The number of nitrogens with zero attached hydrogens (tertiary/aromatic N) is 1. The van der Waals surface area contributed by atoms with Crippen molar-refractivity contribution in [3.05, 3.63) is 34.4 Å². The van der Waals surface area contributed by atoms with Crippen molar-refractivity contribution in [3.8, 4) is 0 Å². The van der Waals surface area contributed by atoms with Crippen LogP contribution in [0.25, 0.3) is 10.9 Å². The van der Waals surface area contributed by atoms with Gasteiger partial charge in [0.1, 0.15) is 0 Å². The second-order valence-corrected chi connectivity index (χ2v) is 5.46. The van der Waals surface area contributed by atoms with E-state index in [4.69, 9.17) is 4.74 Å². The Balaban J connectivity index is 1.99. The van der Waals surface area contributed by atoms with E-state index in [0.717, 1.165) is 32.7 Å². The Morgan fingerprint density at radius 1 is 1.26 bits per heavy atom. The Morgan fingerprint density at radius 2 is 2.05 bits per heavy atom. The maximum absolute atomic E-state index is 5.01. The molecule has 4 heteroatoms. The number of hydrogen-bond donors (Lipinski definition) is 1. The van der Waals surface area contributed by atoms with Gasteiger partial charge in [-0.05, 0) is 41.9 Å². The average molecular weight is 325 g/mol. The first kappa shape index (κ1) is 14.6. The number of benzene rings is 1. The van der Waals surface area contributed by atoms with Crippen molar-refractivity contribution in [1.29, 1.82) is 0 Å². The summed E-state index contributed by atoms with van der Waals surface area (Å²) < 4.78 is 8.62. The summed E-state index contributed by atoms with van der Waals surface area (Å²) in [5.74, 6) is 0. The molecule has 1 aromatic heterocycles. The predicted molar refractivity (Wildman–Crippen MR) is 83.7 cm³/mol. The number of ether oxygens (including phenoxy) is 1. The summed E-state index contributed by atoms with van der Waals surface area (Å²) in [6.07, 6.45) is 1.12. The number of nitrogens with one attached hydrogen (secondary N) is 1. The van der Waals surface area contributed by atoms with Gasteiger partial charge in [0, 0.05) is 41.3 Å². The smallest absolute Gasteiger partial charge is 0.0587 e. The van der Waals surface area contributed by atoms with E-state index >= 15 is 0 Å². The van der Waals surface area contributed by atoms with Crippen molar-refractivity contribution in [2.75, 3.05) is 26.8 Å². The lowest BCUT2D eigenvalue weighted by molar-refractivity contribution is 0.199. The van der Waals surface area contributed by atoms with Crippen molar-refractivity contribution in [3.63, 3.8) is 0 Å². The summed E-state index contributed by atoms with van der Waals surface area (Å²) in [4.78, 5) is 0. The number of fused-ring (bicyclic) bond motifs is 1. The summed E-state index contributed by atoms with van der Waals surface area (Å²) in [5.41, 5.74) is 2.61. The summed E-state index contributed by atoms with van der Waals surface area (Å²) in [5, 5.41) is 4.68. The Hall–Kier alpha value is -0.840. The molecule has 0 aliphatic carbocycles. The highest BCUT2D eigenvalue weighted by Gasteiger charge is 2.10. The van der Waals surface area contributed by atoms with Crippen LogP contribution in [0.2, 0.25) is 0 Å². The third-order valence-corrected chi connectivity index (χ3v) is 4.37. The van der Waals surface area contributed by atoms with Crippen molar-refractivity contribution >= 4 is 26.8 Å². The second-order valence-electron chi connectivity index (χ2n) is 4.66. The van der Waals surface area contributed by atoms with Crippen LogP contribution in [0.3, 0.4) is 0 Å². The summed E-state index contributed by atoms with van der Waals surface area (Å²) in [6, 6.07) is 8.54. The molecule has 2 aromatic rings. The zero-order chi connectivity index (χ0) is 13.7. The monoisotopic (exact) mass is 324 g/mol. The van der Waals surface area contributed by atoms with E-state index in [-0.39, 0.29) is 0 Å². The SMILES string of the molecule is COCCNCCCn1c(C)c(Br)c2ccccc21. The third-order valence-electron chi connectivity index (χ3n) is 3.37. The van der Waals surface area contributed by atoms with Crippen molar-refractivity contribution in [2.45, 2.75) is 19.9 Å². The molecule has 2 rings (SSSR count). The van der Waals surface area contributed by atoms with Gasteiger partial charge < -0.3 is 14.6 Å². The van der Waals surface area contributed by atoms with Crippen molar-refractivity contribution in [1.82, 2.24) is 9.88 Å². The number of aromatic nitrogens is 1. The van der Waals surface area contributed by atoms with Gasteiger partial charge in [-0.2, -0.15) is 0 Å². The van der Waals surface area contributed by atoms with Gasteiger partial charge in [-0.3, -0.25) is 0 Å². The van der Waals surface area contributed by atoms with Crippen LogP contribution in [-0.2, 0) is 11.3 Å². The Kier molecular flexibility index (Phi) is 5.43. The van der Waals surface area contributed by atoms with Crippen LogP contribution in [-0.4, -0.2) is 31.4 Å². The lowest BCUT2D eigenvalue weighted by atomic mass is 10.2. The fourth-order valence-electron chi connectivity index (χ4n) is 2.34. The first-order valence-corrected chi connectivity index (χ1v) is 7.48. The van der Waals surface area contributed by atoms with Crippen molar-refractivity contribution in [2.24, 2.45) is 0 Å². The number of methoxy groups -OCH3 is 1. The largest absolute Gasteiger partial charge is 0.383 e. The molecule has 0 aliphatic rings. The van der Waals surface area contributed by atoms with Crippen LogP contribution < -0.4 is 5.32 Å². The molecule has 1 N–H and O–H groups in total. The molecule has 0 saturated carbocycles. The topological polar surface area (TPSA) is 26.2 Å². The number of aryl methyl sites for hydroxylation is 1. The second kappa shape index (κ2) is 7.08. The molecule has 0 bridgehead atoms. The van der Waals surface area contributed by atoms with E-state index in [2.05, 4.69) is 57.0 Å². The minimum Gasteiger partial charge on any atom is -0.383 e. The van der Waals surface area contributed by atoms with E-state index in [0.29, 0.717) is 0 Å². The van der Waals surface area contributed by atoms with Crippen LogP contribution >= 0.6 is 15.9 Å². The molecule has 0 atom stereocenters. The molecular weight excluding hydrogens is 304 g/mol. The summed E-state index contributed by atoms with van der Waals surface area (Å²) in [7, 11) is 1.73. The lowest BCUT2D eigenvalue weighted by Gasteiger charge is -2.09. The standard InChI is InChI=1S/C15H21BrN2O/c1-12-15(16)13-6-3-4-7-14(13)18(12)10-5-8-17-9-11-19-2/h3-4,6-7,17H,5,8-11H2,1-2H3. The van der Waals surface area contributed by atoms with E-state index in [1.165, 1.54) is 21.1 Å². The van der Waals surface area contributed by atoms with Crippen LogP contribution in [0.5, 0.6) is 0 Å². The molecule has 104 valence electrons. The van der Waals surface area contributed by atoms with Crippen LogP contribution in [0, 0.1) is 6.92 Å². The predicted octanol–water partition coefficient (Wildman–Crippen LogP) is 3.34. The van der Waals surface area contributed by atoms with E-state index in [1.807, 2.05) is 0 Å². The van der Waals surface area contributed by atoms with Gasteiger partial charge in [0.15, 0.2) is 0 Å². The van der Waals surface area contributed by atoms with Crippen LogP contribution in [0.15, 0.2) is 28.7 Å². The van der Waals surface area contributed by atoms with Gasteiger partial charge in [0.2, 0.25) is 0 Å².